The third-order valence-electron chi connectivity index (χ3n) is 2.82. The van der Waals surface area contributed by atoms with Crippen molar-refractivity contribution in [3.63, 3.8) is 0 Å². The lowest BCUT2D eigenvalue weighted by Crippen LogP contribution is -2.38. The summed E-state index contributed by atoms with van der Waals surface area (Å²) in [5.74, 6) is 0.801. The molecule has 0 atom stereocenters. The highest BCUT2D eigenvalue weighted by atomic mass is 32.1. The predicted octanol–water partition coefficient (Wildman–Crippen LogP) is 2.24. The second kappa shape index (κ2) is 9.72. The number of guanidine groups is 1. The molecule has 0 radical (unpaired) electrons. The van der Waals surface area contributed by atoms with E-state index in [-0.39, 0.29) is 0 Å². The zero-order valence-electron chi connectivity index (χ0n) is 13.0. The van der Waals surface area contributed by atoms with Gasteiger partial charge in [0.25, 0.3) is 0 Å². The van der Waals surface area contributed by atoms with Crippen LogP contribution in [0.3, 0.4) is 0 Å². The van der Waals surface area contributed by atoms with Crippen LogP contribution in [0.4, 0.5) is 0 Å². The molecule has 114 valence electrons. The third-order valence-corrected chi connectivity index (χ3v) is 3.89. The van der Waals surface area contributed by atoms with Crippen LogP contribution in [0.2, 0.25) is 0 Å². The van der Waals surface area contributed by atoms with E-state index in [1.54, 1.807) is 18.4 Å². The fraction of sp³-hybridized carbons (Fsp3) is 0.714. The molecular weight excluding hydrogens is 272 g/mol. The summed E-state index contributed by atoms with van der Waals surface area (Å²) in [4.78, 5) is 9.87. The first-order valence-corrected chi connectivity index (χ1v) is 7.94. The second-order valence-corrected chi connectivity index (χ2v) is 5.85. The minimum absolute atomic E-state index is 0.708. The Morgan fingerprint density at radius 2 is 2.10 bits per heavy atom. The van der Waals surface area contributed by atoms with Gasteiger partial charge >= 0.3 is 0 Å². The molecule has 0 bridgehead atoms. The molecule has 0 aliphatic carbocycles. The fourth-order valence-electron chi connectivity index (χ4n) is 1.71. The first-order valence-electron chi connectivity index (χ1n) is 7.12. The summed E-state index contributed by atoms with van der Waals surface area (Å²) in [6.45, 7) is 9.30. The Labute approximate surface area is 125 Å². The molecule has 1 aromatic rings. The van der Waals surface area contributed by atoms with Gasteiger partial charge in [0.05, 0.1) is 23.9 Å². The molecule has 0 unspecified atom stereocenters. The van der Waals surface area contributed by atoms with Gasteiger partial charge in [-0.3, -0.25) is 4.99 Å². The van der Waals surface area contributed by atoms with Gasteiger partial charge in [0.2, 0.25) is 0 Å². The van der Waals surface area contributed by atoms with Gasteiger partial charge in [-0.2, -0.15) is 0 Å². The number of unbranched alkanes of at least 4 members (excludes halogenated alkanes) is 1. The van der Waals surface area contributed by atoms with E-state index in [1.807, 2.05) is 13.8 Å². The lowest BCUT2D eigenvalue weighted by Gasteiger charge is -2.11. The molecule has 20 heavy (non-hydrogen) atoms. The van der Waals surface area contributed by atoms with Crippen LogP contribution in [-0.4, -0.2) is 37.7 Å². The highest BCUT2D eigenvalue weighted by Gasteiger charge is 2.05. The van der Waals surface area contributed by atoms with Crippen molar-refractivity contribution in [2.75, 3.05) is 26.8 Å². The molecule has 1 aromatic heterocycles. The van der Waals surface area contributed by atoms with Gasteiger partial charge in [-0.15, -0.1) is 11.3 Å². The number of hydrogen-bond acceptors (Lipinski definition) is 4. The molecule has 0 aliphatic heterocycles. The zero-order chi connectivity index (χ0) is 14.8. The van der Waals surface area contributed by atoms with Crippen LogP contribution in [0.15, 0.2) is 4.99 Å². The SMILES string of the molecule is CCCCOCCNC(=NC)NCc1sc(C)nc1C. The third kappa shape index (κ3) is 6.34. The van der Waals surface area contributed by atoms with Gasteiger partial charge in [0, 0.05) is 25.1 Å². The average molecular weight is 298 g/mol. The number of aryl methyl sites for hydroxylation is 2. The average Bonchev–Trinajstić information content (AvgIpc) is 2.75. The number of ether oxygens (including phenoxy) is 1. The van der Waals surface area contributed by atoms with Gasteiger partial charge in [-0.05, 0) is 20.3 Å². The van der Waals surface area contributed by atoms with Crippen molar-refractivity contribution in [1.82, 2.24) is 15.6 Å². The summed E-state index contributed by atoms with van der Waals surface area (Å²) in [5, 5.41) is 7.64. The van der Waals surface area contributed by atoms with E-state index < -0.39 is 0 Å². The van der Waals surface area contributed by atoms with E-state index in [2.05, 4.69) is 27.5 Å². The van der Waals surface area contributed by atoms with Gasteiger partial charge < -0.3 is 15.4 Å². The van der Waals surface area contributed by atoms with Gasteiger partial charge in [-0.25, -0.2) is 4.98 Å². The first kappa shape index (κ1) is 16.9. The maximum absolute atomic E-state index is 5.50. The largest absolute Gasteiger partial charge is 0.380 e. The summed E-state index contributed by atoms with van der Waals surface area (Å²) >= 11 is 1.72. The molecule has 0 saturated carbocycles. The van der Waals surface area contributed by atoms with Crippen molar-refractivity contribution in [3.05, 3.63) is 15.6 Å². The van der Waals surface area contributed by atoms with E-state index >= 15 is 0 Å². The molecule has 0 aliphatic rings. The number of thiazole rings is 1. The number of rotatable bonds is 8. The van der Waals surface area contributed by atoms with E-state index in [0.717, 1.165) is 42.8 Å². The number of nitrogens with zero attached hydrogens (tertiary/aromatic N) is 2. The lowest BCUT2D eigenvalue weighted by atomic mass is 10.4. The molecule has 1 heterocycles. The summed E-state index contributed by atoms with van der Waals surface area (Å²) in [5.41, 5.74) is 1.10. The van der Waals surface area contributed by atoms with Crippen LogP contribution in [0.5, 0.6) is 0 Å². The summed E-state index contributed by atoms with van der Waals surface area (Å²) in [6.07, 6.45) is 2.29. The van der Waals surface area contributed by atoms with Gasteiger partial charge in [-0.1, -0.05) is 13.3 Å². The van der Waals surface area contributed by atoms with E-state index in [1.165, 1.54) is 11.3 Å². The van der Waals surface area contributed by atoms with Crippen molar-refractivity contribution in [1.29, 1.82) is 0 Å². The lowest BCUT2D eigenvalue weighted by molar-refractivity contribution is 0.136. The Balaban J connectivity index is 2.21. The topological polar surface area (TPSA) is 58.5 Å². The van der Waals surface area contributed by atoms with Crippen molar-refractivity contribution < 1.29 is 4.74 Å². The fourth-order valence-corrected chi connectivity index (χ4v) is 2.59. The van der Waals surface area contributed by atoms with E-state index in [4.69, 9.17) is 4.74 Å². The molecule has 2 N–H and O–H groups in total. The second-order valence-electron chi connectivity index (χ2n) is 4.56. The van der Waals surface area contributed by atoms with Crippen molar-refractivity contribution in [2.24, 2.45) is 4.99 Å². The van der Waals surface area contributed by atoms with Crippen molar-refractivity contribution >= 4 is 17.3 Å². The number of hydrogen-bond donors (Lipinski definition) is 2. The number of aromatic nitrogens is 1. The van der Waals surface area contributed by atoms with E-state index in [0.29, 0.717) is 6.61 Å². The Morgan fingerprint density at radius 1 is 1.30 bits per heavy atom. The zero-order valence-corrected chi connectivity index (χ0v) is 13.8. The molecule has 0 spiro atoms. The molecule has 5 nitrogen and oxygen atoms in total. The molecule has 6 heteroatoms. The van der Waals surface area contributed by atoms with Gasteiger partial charge in [0.15, 0.2) is 5.96 Å². The van der Waals surface area contributed by atoms with Crippen LogP contribution < -0.4 is 10.6 Å². The monoisotopic (exact) mass is 298 g/mol. The first-order chi connectivity index (χ1) is 9.67. The Kier molecular flexibility index (Phi) is 8.22. The highest BCUT2D eigenvalue weighted by Crippen LogP contribution is 2.16. The molecule has 1 rings (SSSR count). The van der Waals surface area contributed by atoms with E-state index in [9.17, 15) is 0 Å². The van der Waals surface area contributed by atoms with Crippen LogP contribution in [0.25, 0.3) is 0 Å². The van der Waals surface area contributed by atoms with Crippen molar-refractivity contribution in [2.45, 2.75) is 40.2 Å². The smallest absolute Gasteiger partial charge is 0.191 e. The standard InChI is InChI=1S/C14H26N4OS/c1-5-6-8-19-9-7-16-14(15-4)17-10-13-11(2)18-12(3)20-13/h5-10H2,1-4H3,(H2,15,16,17). The van der Waals surface area contributed by atoms with Gasteiger partial charge in [0.1, 0.15) is 0 Å². The van der Waals surface area contributed by atoms with Crippen LogP contribution in [0.1, 0.15) is 35.3 Å². The quantitative estimate of drug-likeness (QED) is 0.439. The van der Waals surface area contributed by atoms with Crippen LogP contribution in [-0.2, 0) is 11.3 Å². The summed E-state index contributed by atoms with van der Waals surface area (Å²) < 4.78 is 5.50. The highest BCUT2D eigenvalue weighted by molar-refractivity contribution is 7.11. The Hall–Kier alpha value is -1.14. The molecule has 0 saturated heterocycles. The number of aliphatic imine (C=N–C) groups is 1. The maximum atomic E-state index is 5.50. The maximum Gasteiger partial charge on any atom is 0.191 e. The summed E-state index contributed by atoms with van der Waals surface area (Å²) in [6, 6.07) is 0. The Morgan fingerprint density at radius 3 is 2.70 bits per heavy atom. The van der Waals surface area contributed by atoms with Crippen LogP contribution >= 0.6 is 11.3 Å². The van der Waals surface area contributed by atoms with Crippen molar-refractivity contribution in [3.8, 4) is 0 Å². The molecule has 0 fully saturated rings. The minimum atomic E-state index is 0.708. The molecule has 0 aromatic carbocycles. The molecule has 0 amide bonds. The Bertz CT molecular complexity index is 417. The predicted molar refractivity (Wildman–Crippen MR) is 85.5 cm³/mol. The van der Waals surface area contributed by atoms with Crippen LogP contribution in [0, 0.1) is 13.8 Å². The molecular formula is C14H26N4OS. The normalized spacial score (nSPS) is 11.7. The summed E-state index contributed by atoms with van der Waals surface area (Å²) in [7, 11) is 1.78. The number of nitrogens with one attached hydrogen (secondary N) is 2. The minimum Gasteiger partial charge on any atom is -0.380 e.